The lowest BCUT2D eigenvalue weighted by atomic mass is 9.79. The van der Waals surface area contributed by atoms with Crippen molar-refractivity contribution >= 4 is 27.2 Å². The first-order valence-corrected chi connectivity index (χ1v) is 14.2. The third-order valence-electron chi connectivity index (χ3n) is 7.12. The van der Waals surface area contributed by atoms with Gasteiger partial charge >= 0.3 is 10.4 Å². The Bertz CT molecular complexity index is 2200. The summed E-state index contributed by atoms with van der Waals surface area (Å²) in [6, 6.07) is 12.2. The number of hydrogen-bond acceptors (Lipinski definition) is 13. The Kier molecular flexibility index (Phi) is 6.71. The van der Waals surface area contributed by atoms with Crippen molar-refractivity contribution in [3.8, 4) is 57.3 Å². The molecule has 2 unspecified atom stereocenters. The summed E-state index contributed by atoms with van der Waals surface area (Å²) in [6.07, 6.45) is -1.45. The smallest absolute Gasteiger partial charge is 0.446 e. The Morgan fingerprint density at radius 3 is 2.11 bits per heavy atom. The van der Waals surface area contributed by atoms with E-state index >= 15 is 0 Å². The third kappa shape index (κ3) is 5.15. The van der Waals surface area contributed by atoms with Gasteiger partial charge in [-0.3, -0.25) is 14.1 Å². The molecule has 45 heavy (non-hydrogen) atoms. The fourth-order valence-corrected chi connectivity index (χ4v) is 5.60. The van der Waals surface area contributed by atoms with E-state index in [4.69, 9.17) is 13.3 Å². The minimum atomic E-state index is -5.35. The molecule has 0 fully saturated rings. The van der Waals surface area contributed by atoms with E-state index in [2.05, 4.69) is 0 Å². The molecular formula is C30H20O14S. The minimum absolute atomic E-state index is 0.0376. The Hall–Kier alpha value is -5.93. The van der Waals surface area contributed by atoms with Crippen molar-refractivity contribution < 1.29 is 61.7 Å². The van der Waals surface area contributed by atoms with Crippen molar-refractivity contribution in [2.45, 2.75) is 12.0 Å². The van der Waals surface area contributed by atoms with Gasteiger partial charge in [0, 0.05) is 29.8 Å². The first kappa shape index (κ1) is 29.2. The Labute approximate surface area is 251 Å². The summed E-state index contributed by atoms with van der Waals surface area (Å²) in [5.74, 6) is -7.37. The predicted molar refractivity (Wildman–Crippen MR) is 153 cm³/mol. The standard InChI is InChI=1S/C30H20O14S/c31-14-4-1-12(2-5-14)29-27(28(38)25-18(35)8-15(32)9-22(25)43-29)26-23(44-45(39,40)41)11-20(37)24-19(36)10-21(42-30(24)26)13-3-6-16(33)17(34)7-13/h1-11,27,29,31-35,37H,(H,39,40,41). The fourth-order valence-electron chi connectivity index (χ4n) is 5.24. The zero-order valence-corrected chi connectivity index (χ0v) is 23.2. The van der Waals surface area contributed by atoms with Crippen LogP contribution in [0.3, 0.4) is 0 Å². The number of ketones is 1. The van der Waals surface area contributed by atoms with Crippen LogP contribution in [-0.2, 0) is 10.4 Å². The molecule has 230 valence electrons. The molecule has 1 aliphatic rings. The zero-order chi connectivity index (χ0) is 32.4. The molecular weight excluding hydrogens is 616 g/mol. The molecule has 1 aliphatic heterocycles. The van der Waals surface area contributed by atoms with Gasteiger partial charge in [-0.25, -0.2) is 0 Å². The van der Waals surface area contributed by atoms with E-state index in [9.17, 15) is 53.2 Å². The molecule has 7 N–H and O–H groups in total. The molecule has 0 bridgehead atoms. The molecule has 2 heterocycles. The number of aromatic hydroxyl groups is 6. The van der Waals surface area contributed by atoms with Crippen molar-refractivity contribution in [2.75, 3.05) is 0 Å². The van der Waals surface area contributed by atoms with Gasteiger partial charge in [0.15, 0.2) is 28.5 Å². The molecule has 15 heteroatoms. The summed E-state index contributed by atoms with van der Waals surface area (Å²) in [4.78, 5) is 27.7. The summed E-state index contributed by atoms with van der Waals surface area (Å²) in [6.45, 7) is 0. The van der Waals surface area contributed by atoms with Crippen molar-refractivity contribution in [3.63, 3.8) is 0 Å². The average Bonchev–Trinajstić information content (AvgIpc) is 2.94. The number of ether oxygens (including phenoxy) is 1. The minimum Gasteiger partial charge on any atom is -0.508 e. The van der Waals surface area contributed by atoms with E-state index in [-0.39, 0.29) is 28.4 Å². The molecule has 4 aromatic carbocycles. The lowest BCUT2D eigenvalue weighted by Crippen LogP contribution is -2.31. The van der Waals surface area contributed by atoms with Gasteiger partial charge in [0.1, 0.15) is 57.1 Å². The van der Waals surface area contributed by atoms with Crippen LogP contribution in [0, 0.1) is 0 Å². The monoisotopic (exact) mass is 636 g/mol. The normalized spacial score (nSPS) is 16.2. The second-order valence-electron chi connectivity index (χ2n) is 10.0. The molecule has 0 amide bonds. The second kappa shape index (κ2) is 10.4. The van der Waals surface area contributed by atoms with E-state index in [0.29, 0.717) is 6.07 Å². The number of carbonyl (C=O) groups excluding carboxylic acids is 1. The number of hydrogen-bond donors (Lipinski definition) is 7. The molecule has 14 nitrogen and oxygen atoms in total. The maximum absolute atomic E-state index is 14.3. The fraction of sp³-hybridized carbons (Fsp3) is 0.0667. The van der Waals surface area contributed by atoms with Crippen LogP contribution in [0.1, 0.15) is 33.5 Å². The summed E-state index contributed by atoms with van der Waals surface area (Å²) >= 11 is 0. The van der Waals surface area contributed by atoms with E-state index in [1.54, 1.807) is 0 Å². The lowest BCUT2D eigenvalue weighted by molar-refractivity contribution is 0.0773. The second-order valence-corrected chi connectivity index (χ2v) is 11.0. The molecule has 0 saturated heterocycles. The molecule has 0 aliphatic carbocycles. The largest absolute Gasteiger partial charge is 0.508 e. The van der Waals surface area contributed by atoms with Gasteiger partial charge in [-0.05, 0) is 35.9 Å². The van der Waals surface area contributed by atoms with Gasteiger partial charge in [0.25, 0.3) is 0 Å². The lowest BCUT2D eigenvalue weighted by Gasteiger charge is -2.34. The maximum Gasteiger partial charge on any atom is 0.446 e. The van der Waals surface area contributed by atoms with E-state index in [1.807, 2.05) is 0 Å². The van der Waals surface area contributed by atoms with Gasteiger partial charge in [0.2, 0.25) is 0 Å². The molecule has 1 aromatic heterocycles. The van der Waals surface area contributed by atoms with Crippen LogP contribution < -0.4 is 14.3 Å². The number of fused-ring (bicyclic) bond motifs is 2. The van der Waals surface area contributed by atoms with E-state index < -0.39 is 90.2 Å². The highest BCUT2D eigenvalue weighted by molar-refractivity contribution is 7.81. The van der Waals surface area contributed by atoms with Gasteiger partial charge in [0.05, 0.1) is 11.5 Å². The summed E-state index contributed by atoms with van der Waals surface area (Å²) in [7, 11) is -5.35. The number of benzene rings is 4. The quantitative estimate of drug-likeness (QED) is 0.107. The van der Waals surface area contributed by atoms with Gasteiger partial charge < -0.3 is 44.0 Å². The van der Waals surface area contributed by atoms with Crippen molar-refractivity contribution in [1.29, 1.82) is 0 Å². The molecule has 5 aromatic rings. The summed E-state index contributed by atoms with van der Waals surface area (Å²) in [5, 5.41) is 60.6. The SMILES string of the molecule is O=C1c2c(O)cc(O)cc2OC(c2ccc(O)cc2)C1c1c(OS(=O)(=O)O)cc(O)c2c(=O)cc(-c3ccc(O)c(O)c3)oc12. The Morgan fingerprint density at radius 1 is 0.733 bits per heavy atom. The van der Waals surface area contributed by atoms with E-state index in [0.717, 1.165) is 30.3 Å². The first-order chi connectivity index (χ1) is 21.2. The van der Waals surface area contributed by atoms with Crippen LogP contribution in [0.5, 0.6) is 46.0 Å². The van der Waals surface area contributed by atoms with Crippen molar-refractivity contribution in [2.24, 2.45) is 0 Å². The van der Waals surface area contributed by atoms with Crippen LogP contribution in [0.2, 0.25) is 0 Å². The van der Waals surface area contributed by atoms with Crippen molar-refractivity contribution in [3.05, 3.63) is 93.6 Å². The predicted octanol–water partition coefficient (Wildman–Crippen LogP) is 3.98. The molecule has 0 saturated carbocycles. The van der Waals surface area contributed by atoms with Crippen LogP contribution in [0.4, 0.5) is 0 Å². The zero-order valence-electron chi connectivity index (χ0n) is 22.4. The maximum atomic E-state index is 14.3. The molecule has 2 atom stereocenters. The molecule has 0 spiro atoms. The highest BCUT2D eigenvalue weighted by Crippen LogP contribution is 2.52. The number of carbonyl (C=O) groups is 1. The van der Waals surface area contributed by atoms with Gasteiger partial charge in [-0.15, -0.1) is 0 Å². The summed E-state index contributed by atoms with van der Waals surface area (Å²) < 4.78 is 50.4. The number of Topliss-reactive ketones (excluding diaryl/α,β-unsaturated/α-hetero) is 1. The number of phenolic OH excluding ortho intramolecular Hbond substituents is 6. The van der Waals surface area contributed by atoms with Gasteiger partial charge in [-0.2, -0.15) is 8.42 Å². The Morgan fingerprint density at radius 2 is 1.44 bits per heavy atom. The summed E-state index contributed by atoms with van der Waals surface area (Å²) in [5.41, 5.74) is -2.24. The Balaban J connectivity index is 1.73. The average molecular weight is 637 g/mol. The van der Waals surface area contributed by atoms with Gasteiger partial charge in [-0.1, -0.05) is 12.1 Å². The highest BCUT2D eigenvalue weighted by atomic mass is 32.3. The first-order valence-electron chi connectivity index (χ1n) is 12.8. The van der Waals surface area contributed by atoms with E-state index in [1.165, 1.54) is 30.3 Å². The highest BCUT2D eigenvalue weighted by Gasteiger charge is 2.45. The van der Waals surface area contributed by atoms with Crippen LogP contribution in [0.25, 0.3) is 22.3 Å². The number of rotatable bonds is 5. The van der Waals surface area contributed by atoms with Crippen LogP contribution >= 0.6 is 0 Å². The van der Waals surface area contributed by atoms with Crippen LogP contribution in [-0.4, -0.2) is 49.4 Å². The van der Waals surface area contributed by atoms with Crippen LogP contribution in [0.15, 0.2) is 75.9 Å². The van der Waals surface area contributed by atoms with Crippen molar-refractivity contribution in [1.82, 2.24) is 0 Å². The number of phenols is 6. The topological polar surface area (TPSA) is 241 Å². The molecule has 6 rings (SSSR count). The third-order valence-corrected chi connectivity index (χ3v) is 7.51. The molecule has 0 radical (unpaired) electrons.